The number of hydrogen-bond donors (Lipinski definition) is 1. The first-order chi connectivity index (χ1) is 13.2. The lowest BCUT2D eigenvalue weighted by Crippen LogP contribution is -2.33. The summed E-state index contributed by atoms with van der Waals surface area (Å²) in [5, 5.41) is 1.18. The topological polar surface area (TPSA) is 56.0 Å². The van der Waals surface area contributed by atoms with Gasteiger partial charge in [0.1, 0.15) is 5.75 Å². The minimum absolute atomic E-state index is 0.0698. The Morgan fingerprint density at radius 2 is 2.04 bits per heavy atom. The first-order valence-corrected chi connectivity index (χ1v) is 9.06. The number of benzene rings is 2. The van der Waals surface area contributed by atoms with E-state index in [2.05, 4.69) is 35.3 Å². The van der Waals surface area contributed by atoms with E-state index in [1.54, 1.807) is 14.2 Å². The van der Waals surface area contributed by atoms with Gasteiger partial charge in [-0.05, 0) is 42.8 Å². The molecule has 2 aliphatic rings. The van der Waals surface area contributed by atoms with Crippen LogP contribution in [-0.2, 0) is 6.42 Å². The minimum atomic E-state index is 0.0698. The number of aromatic amines is 1. The normalized spacial score (nSPS) is 18.6. The molecular formula is C21H22N2O4. The fourth-order valence-corrected chi connectivity index (χ4v) is 4.31. The minimum Gasteiger partial charge on any atom is -0.497 e. The van der Waals surface area contributed by atoms with Crippen LogP contribution in [0.2, 0.25) is 0 Å². The Kier molecular flexibility index (Phi) is 3.68. The quantitative estimate of drug-likeness (QED) is 0.769. The van der Waals surface area contributed by atoms with E-state index in [4.69, 9.17) is 18.9 Å². The van der Waals surface area contributed by atoms with Crippen molar-refractivity contribution in [1.82, 2.24) is 9.88 Å². The number of hydrogen-bond acceptors (Lipinski definition) is 5. The number of nitrogens with one attached hydrogen (secondary N) is 1. The largest absolute Gasteiger partial charge is 0.497 e. The maximum atomic E-state index is 5.82. The van der Waals surface area contributed by atoms with E-state index in [0.717, 1.165) is 41.3 Å². The van der Waals surface area contributed by atoms with Gasteiger partial charge in [-0.25, -0.2) is 0 Å². The molecule has 27 heavy (non-hydrogen) atoms. The van der Waals surface area contributed by atoms with Crippen LogP contribution >= 0.6 is 0 Å². The molecule has 6 nitrogen and oxygen atoms in total. The van der Waals surface area contributed by atoms with Crippen molar-refractivity contribution in [2.45, 2.75) is 12.5 Å². The molecule has 0 radical (unpaired) electrons. The Hall–Kier alpha value is -2.86. The monoisotopic (exact) mass is 366 g/mol. The molecule has 1 aromatic heterocycles. The van der Waals surface area contributed by atoms with Crippen LogP contribution in [0.5, 0.6) is 23.0 Å². The Balaban J connectivity index is 1.73. The van der Waals surface area contributed by atoms with Crippen molar-refractivity contribution < 1.29 is 18.9 Å². The average molecular weight is 366 g/mol. The van der Waals surface area contributed by atoms with Gasteiger partial charge >= 0.3 is 0 Å². The Labute approximate surface area is 157 Å². The molecule has 1 atom stereocenters. The summed E-state index contributed by atoms with van der Waals surface area (Å²) in [5.74, 6) is 3.10. The van der Waals surface area contributed by atoms with Gasteiger partial charge in [-0.1, -0.05) is 0 Å². The highest BCUT2D eigenvalue weighted by atomic mass is 16.7. The third kappa shape index (κ3) is 2.36. The average Bonchev–Trinajstić information content (AvgIpc) is 3.32. The van der Waals surface area contributed by atoms with Crippen LogP contribution in [0, 0.1) is 0 Å². The summed E-state index contributed by atoms with van der Waals surface area (Å²) in [5.41, 5.74) is 4.69. The maximum Gasteiger partial charge on any atom is 0.231 e. The molecule has 140 valence electrons. The van der Waals surface area contributed by atoms with Crippen LogP contribution in [0.3, 0.4) is 0 Å². The zero-order valence-corrected chi connectivity index (χ0v) is 15.7. The van der Waals surface area contributed by atoms with Gasteiger partial charge in [0.15, 0.2) is 11.5 Å². The summed E-state index contributed by atoms with van der Waals surface area (Å²) in [7, 11) is 5.53. The van der Waals surface area contributed by atoms with Gasteiger partial charge in [0.2, 0.25) is 12.5 Å². The number of likely N-dealkylation sites (N-methyl/N-ethyl adjacent to an activating group) is 1. The smallest absolute Gasteiger partial charge is 0.231 e. The standard InChI is InChI=1S/C21H22N2O4/c1-23-7-6-12-8-17-20(27-11-26-17)21(25-3)18(12)19(23)15-10-22-16-9-13(24-2)4-5-14(15)16/h4-5,8-10,19,22H,6-7,11H2,1-3H3/t19-/m1/s1. The van der Waals surface area contributed by atoms with Gasteiger partial charge in [-0.2, -0.15) is 0 Å². The summed E-state index contributed by atoms with van der Waals surface area (Å²) in [4.78, 5) is 5.76. The zero-order valence-electron chi connectivity index (χ0n) is 15.7. The van der Waals surface area contributed by atoms with E-state index in [1.165, 1.54) is 16.5 Å². The van der Waals surface area contributed by atoms with Crippen LogP contribution in [-0.4, -0.2) is 44.5 Å². The molecule has 0 saturated carbocycles. The number of H-pyrrole nitrogens is 1. The third-order valence-electron chi connectivity index (χ3n) is 5.61. The summed E-state index contributed by atoms with van der Waals surface area (Å²) in [6, 6.07) is 8.32. The van der Waals surface area contributed by atoms with Crippen LogP contribution in [0.25, 0.3) is 10.9 Å². The molecule has 2 aromatic carbocycles. The SMILES string of the molecule is COc1ccc2c([C@@H]3c4c(cc5c(c4OC)OCO5)CCN3C)c[nH]c2c1. The van der Waals surface area contributed by atoms with Crippen molar-refractivity contribution >= 4 is 10.9 Å². The predicted molar refractivity (Wildman–Crippen MR) is 102 cm³/mol. The van der Waals surface area contributed by atoms with Crippen LogP contribution < -0.4 is 18.9 Å². The lowest BCUT2D eigenvalue weighted by atomic mass is 9.87. The van der Waals surface area contributed by atoms with E-state index in [0.29, 0.717) is 5.75 Å². The van der Waals surface area contributed by atoms with Gasteiger partial charge in [-0.15, -0.1) is 0 Å². The third-order valence-corrected chi connectivity index (χ3v) is 5.61. The first kappa shape index (κ1) is 16.3. The fraction of sp³-hybridized carbons (Fsp3) is 0.333. The highest BCUT2D eigenvalue weighted by Crippen LogP contribution is 2.51. The van der Waals surface area contributed by atoms with Gasteiger partial charge in [0, 0.05) is 35.3 Å². The summed E-state index contributed by atoms with van der Waals surface area (Å²) in [6.07, 6.45) is 3.04. The van der Waals surface area contributed by atoms with Crippen molar-refractivity contribution in [3.63, 3.8) is 0 Å². The Morgan fingerprint density at radius 1 is 1.15 bits per heavy atom. The molecule has 1 N–H and O–H groups in total. The van der Waals surface area contributed by atoms with E-state index in [9.17, 15) is 0 Å². The van der Waals surface area contributed by atoms with Crippen molar-refractivity contribution in [2.24, 2.45) is 0 Å². The lowest BCUT2D eigenvalue weighted by Gasteiger charge is -2.35. The van der Waals surface area contributed by atoms with Crippen LogP contribution in [0.4, 0.5) is 0 Å². The number of rotatable bonds is 3. The molecule has 0 fully saturated rings. The van der Waals surface area contributed by atoms with Gasteiger partial charge in [-0.3, -0.25) is 4.90 Å². The van der Waals surface area contributed by atoms with Crippen molar-refractivity contribution in [3.8, 4) is 23.0 Å². The number of ether oxygens (including phenoxy) is 4. The lowest BCUT2D eigenvalue weighted by molar-refractivity contribution is 0.171. The molecule has 3 aromatic rings. The summed E-state index contributed by atoms with van der Waals surface area (Å²) >= 11 is 0. The molecule has 3 heterocycles. The first-order valence-electron chi connectivity index (χ1n) is 9.06. The molecule has 0 unspecified atom stereocenters. The zero-order chi connectivity index (χ0) is 18.5. The van der Waals surface area contributed by atoms with Crippen LogP contribution in [0.1, 0.15) is 22.7 Å². The highest BCUT2D eigenvalue weighted by Gasteiger charge is 2.35. The number of methoxy groups -OCH3 is 2. The van der Waals surface area contributed by atoms with Gasteiger partial charge < -0.3 is 23.9 Å². The summed E-state index contributed by atoms with van der Waals surface area (Å²) in [6.45, 7) is 1.20. The second-order valence-corrected chi connectivity index (χ2v) is 7.01. The fourth-order valence-electron chi connectivity index (χ4n) is 4.31. The molecule has 2 aliphatic heterocycles. The van der Waals surface area contributed by atoms with E-state index < -0.39 is 0 Å². The molecule has 5 rings (SSSR count). The number of nitrogens with zero attached hydrogens (tertiary/aromatic N) is 1. The summed E-state index contributed by atoms with van der Waals surface area (Å²) < 4.78 is 22.5. The van der Waals surface area contributed by atoms with E-state index in [1.807, 2.05) is 12.1 Å². The molecule has 0 saturated heterocycles. The van der Waals surface area contributed by atoms with Crippen molar-refractivity contribution in [3.05, 3.63) is 47.2 Å². The van der Waals surface area contributed by atoms with Crippen molar-refractivity contribution in [1.29, 1.82) is 0 Å². The Morgan fingerprint density at radius 3 is 2.85 bits per heavy atom. The molecule has 6 heteroatoms. The number of fused-ring (bicyclic) bond motifs is 3. The molecule has 0 spiro atoms. The van der Waals surface area contributed by atoms with Gasteiger partial charge in [0.05, 0.1) is 20.3 Å². The Bertz CT molecular complexity index is 1030. The second-order valence-electron chi connectivity index (χ2n) is 7.01. The molecule has 0 aliphatic carbocycles. The van der Waals surface area contributed by atoms with Crippen LogP contribution in [0.15, 0.2) is 30.5 Å². The van der Waals surface area contributed by atoms with Crippen molar-refractivity contribution in [2.75, 3.05) is 34.6 Å². The van der Waals surface area contributed by atoms with E-state index >= 15 is 0 Å². The maximum absolute atomic E-state index is 5.82. The molecule has 0 bridgehead atoms. The second kappa shape index (κ2) is 6.09. The van der Waals surface area contributed by atoms with E-state index in [-0.39, 0.29) is 12.8 Å². The molecular weight excluding hydrogens is 344 g/mol. The molecule has 0 amide bonds. The van der Waals surface area contributed by atoms with Gasteiger partial charge in [0.25, 0.3) is 0 Å². The predicted octanol–water partition coefficient (Wildman–Crippen LogP) is 3.49. The highest BCUT2D eigenvalue weighted by molar-refractivity contribution is 5.86. The number of aromatic nitrogens is 1.